The molecule has 7 rings (SSSR count). The summed E-state index contributed by atoms with van der Waals surface area (Å²) in [5.41, 5.74) is 6.40. The van der Waals surface area contributed by atoms with Crippen molar-refractivity contribution in [2.75, 3.05) is 0 Å². The van der Waals surface area contributed by atoms with Crippen molar-refractivity contribution >= 4 is 32.7 Å². The maximum Gasteiger partial charge on any atom is 0.0456 e. The van der Waals surface area contributed by atoms with Crippen LogP contribution in [0.3, 0.4) is 0 Å². The van der Waals surface area contributed by atoms with Gasteiger partial charge in [0.05, 0.1) is 0 Å². The van der Waals surface area contributed by atoms with Crippen molar-refractivity contribution < 1.29 is 0 Å². The summed E-state index contributed by atoms with van der Waals surface area (Å²) in [5.74, 6) is 2.85. The number of nitrogens with zero attached hydrogens (tertiary/aromatic N) is 1. The lowest BCUT2D eigenvalue weighted by molar-refractivity contribution is 0.736. The van der Waals surface area contributed by atoms with Gasteiger partial charge in [-0.2, -0.15) is 0 Å². The summed E-state index contributed by atoms with van der Waals surface area (Å²) in [4.78, 5) is 13.6. The van der Waals surface area contributed by atoms with Gasteiger partial charge in [0.1, 0.15) is 0 Å². The highest BCUT2D eigenvalue weighted by atomic mass is 14.7. The molecule has 0 radical (unpaired) electrons. The van der Waals surface area contributed by atoms with E-state index in [2.05, 4.69) is 168 Å². The molecule has 0 aliphatic heterocycles. The van der Waals surface area contributed by atoms with Crippen molar-refractivity contribution in [2.45, 2.75) is 81.1 Å². The maximum atomic E-state index is 3.78. The Morgan fingerprint density at radius 1 is 0.489 bits per heavy atom. The number of hydrogen-bond donors (Lipinski definition) is 3. The molecular weight excluding hydrogens is 573 g/mol. The van der Waals surface area contributed by atoms with Gasteiger partial charge in [0, 0.05) is 52.4 Å². The Balaban J connectivity index is 0.000000207. The first kappa shape index (κ1) is 38.6. The van der Waals surface area contributed by atoms with E-state index >= 15 is 0 Å². The molecule has 0 atom stereocenters. The van der Waals surface area contributed by atoms with Crippen LogP contribution in [0.2, 0.25) is 0 Å². The summed E-state index contributed by atoms with van der Waals surface area (Å²) in [6, 6.07) is 35.0. The number of para-hydroxylation sites is 3. The van der Waals surface area contributed by atoms with Crippen LogP contribution in [-0.2, 0) is 0 Å². The van der Waals surface area contributed by atoms with Crippen LogP contribution >= 0.6 is 0 Å². The summed E-state index contributed by atoms with van der Waals surface area (Å²) in [5, 5.41) is 3.94. The molecule has 3 N–H and O–H groups in total. The quantitative estimate of drug-likeness (QED) is 0.175. The Bertz CT molecular complexity index is 1660. The third kappa shape index (κ3) is 15.0. The molecule has 3 aromatic carbocycles. The Kier molecular flexibility index (Phi) is 17.5. The number of aromatic amines is 3. The number of pyridine rings is 1. The van der Waals surface area contributed by atoms with Gasteiger partial charge >= 0.3 is 0 Å². The second-order valence-electron chi connectivity index (χ2n) is 13.5. The van der Waals surface area contributed by atoms with Gasteiger partial charge in [-0.25, -0.2) is 0 Å². The lowest BCUT2D eigenvalue weighted by atomic mass is 10.0. The molecular formula is C43H58N4. The Morgan fingerprint density at radius 3 is 1.51 bits per heavy atom. The SMILES string of the molecule is CC(C)C.CC(C)C.CC(C)c1c[nH]c2ccccc12.CC(C)c1cc2ccccc2[nH]1.c1ccc2[nH]ccc2c1.c1ccncc1. The Labute approximate surface area is 284 Å². The van der Waals surface area contributed by atoms with Gasteiger partial charge in [-0.3, -0.25) is 4.98 Å². The molecule has 0 aliphatic rings. The van der Waals surface area contributed by atoms with Gasteiger partial charge in [0.2, 0.25) is 0 Å². The number of aromatic nitrogens is 4. The van der Waals surface area contributed by atoms with E-state index in [9.17, 15) is 0 Å². The topological polar surface area (TPSA) is 60.3 Å². The molecule has 0 saturated carbocycles. The maximum absolute atomic E-state index is 3.78. The van der Waals surface area contributed by atoms with Crippen molar-refractivity contribution in [1.82, 2.24) is 19.9 Å². The van der Waals surface area contributed by atoms with Crippen LogP contribution in [0.1, 0.15) is 92.3 Å². The molecule has 0 amide bonds. The number of H-pyrrole nitrogens is 3. The van der Waals surface area contributed by atoms with E-state index in [0.717, 1.165) is 11.8 Å². The third-order valence-corrected chi connectivity index (χ3v) is 6.45. The molecule has 250 valence electrons. The monoisotopic (exact) mass is 630 g/mol. The van der Waals surface area contributed by atoms with Crippen molar-refractivity contribution in [3.63, 3.8) is 0 Å². The van der Waals surface area contributed by atoms with E-state index in [1.807, 2.05) is 36.5 Å². The smallest absolute Gasteiger partial charge is 0.0456 e. The molecule has 0 spiro atoms. The van der Waals surface area contributed by atoms with Gasteiger partial charge in [-0.1, -0.05) is 130 Å². The fourth-order valence-electron chi connectivity index (χ4n) is 4.29. The zero-order valence-electron chi connectivity index (χ0n) is 30.4. The molecule has 47 heavy (non-hydrogen) atoms. The van der Waals surface area contributed by atoms with Crippen LogP contribution in [0.4, 0.5) is 0 Å². The van der Waals surface area contributed by atoms with E-state index in [1.54, 1.807) is 12.4 Å². The first-order valence-corrected chi connectivity index (χ1v) is 17.0. The minimum absolute atomic E-state index is 0.581. The zero-order chi connectivity index (χ0) is 34.6. The van der Waals surface area contributed by atoms with E-state index in [1.165, 1.54) is 44.0 Å². The van der Waals surface area contributed by atoms with Crippen LogP contribution in [0.5, 0.6) is 0 Å². The lowest BCUT2D eigenvalue weighted by Gasteiger charge is -2.00. The van der Waals surface area contributed by atoms with Crippen LogP contribution in [0, 0.1) is 11.8 Å². The summed E-state index contributed by atoms with van der Waals surface area (Å²) in [7, 11) is 0. The van der Waals surface area contributed by atoms with Crippen molar-refractivity contribution in [2.24, 2.45) is 11.8 Å². The number of nitrogens with one attached hydrogen (secondary N) is 3. The highest BCUT2D eigenvalue weighted by molar-refractivity contribution is 5.83. The van der Waals surface area contributed by atoms with Crippen molar-refractivity contribution in [3.05, 3.63) is 139 Å². The normalized spacial score (nSPS) is 10.3. The second-order valence-corrected chi connectivity index (χ2v) is 13.5. The highest BCUT2D eigenvalue weighted by Crippen LogP contribution is 2.24. The fraction of sp³-hybridized carbons (Fsp3) is 0.326. The van der Waals surface area contributed by atoms with Gasteiger partial charge in [-0.15, -0.1) is 0 Å². The van der Waals surface area contributed by atoms with Gasteiger partial charge in [0.15, 0.2) is 0 Å². The predicted molar refractivity (Wildman–Crippen MR) is 208 cm³/mol. The number of benzene rings is 3. The molecule has 0 saturated heterocycles. The standard InChI is InChI=1S/2C11H13N.C8H7N.C5H5N.2C4H10/c1-8(2)10-7-12-11-6-4-3-5-9(10)11;1-8(2)11-7-9-5-3-4-6-10(9)12-11;1-2-4-8-7(3-1)5-6-9-8;1-2-4-6-5-3-1;2*1-4(2)3/h2*3-8,12H,1-2H3;1-6,9H;1-5H;2*4H,1-3H3. The number of rotatable bonds is 2. The van der Waals surface area contributed by atoms with Crippen LogP contribution < -0.4 is 0 Å². The molecule has 4 nitrogen and oxygen atoms in total. The average Bonchev–Trinajstić information content (AvgIpc) is 3.81. The number of hydrogen-bond acceptors (Lipinski definition) is 1. The molecule has 0 unspecified atom stereocenters. The minimum atomic E-state index is 0.581. The number of fused-ring (bicyclic) bond motifs is 3. The average molecular weight is 631 g/mol. The summed E-state index contributed by atoms with van der Waals surface area (Å²) in [6.45, 7) is 21.8. The zero-order valence-corrected chi connectivity index (χ0v) is 30.4. The van der Waals surface area contributed by atoms with Crippen molar-refractivity contribution in [3.8, 4) is 0 Å². The van der Waals surface area contributed by atoms with E-state index in [0.29, 0.717) is 11.8 Å². The molecule has 0 aliphatic carbocycles. The summed E-state index contributed by atoms with van der Waals surface area (Å²) < 4.78 is 0. The van der Waals surface area contributed by atoms with Gasteiger partial charge < -0.3 is 15.0 Å². The van der Waals surface area contributed by atoms with Crippen LogP contribution in [0.25, 0.3) is 32.7 Å². The molecule has 7 aromatic rings. The lowest BCUT2D eigenvalue weighted by Crippen LogP contribution is -1.84. The van der Waals surface area contributed by atoms with Crippen LogP contribution in [0.15, 0.2) is 128 Å². The minimum Gasteiger partial charge on any atom is -0.361 e. The van der Waals surface area contributed by atoms with E-state index in [4.69, 9.17) is 0 Å². The predicted octanol–water partition coefficient (Wildman–Crippen LogP) is 13.2. The molecule has 0 bridgehead atoms. The van der Waals surface area contributed by atoms with Gasteiger partial charge in [-0.05, 0) is 82.5 Å². The Morgan fingerprint density at radius 2 is 1.02 bits per heavy atom. The third-order valence-electron chi connectivity index (χ3n) is 6.45. The van der Waals surface area contributed by atoms with E-state index in [-0.39, 0.29) is 0 Å². The van der Waals surface area contributed by atoms with E-state index < -0.39 is 0 Å². The van der Waals surface area contributed by atoms with Gasteiger partial charge in [0.25, 0.3) is 0 Å². The summed E-state index contributed by atoms with van der Waals surface area (Å²) in [6.07, 6.45) is 7.56. The van der Waals surface area contributed by atoms with Crippen molar-refractivity contribution in [1.29, 1.82) is 0 Å². The van der Waals surface area contributed by atoms with Crippen LogP contribution in [-0.4, -0.2) is 19.9 Å². The molecule has 4 heteroatoms. The second kappa shape index (κ2) is 21.3. The fourth-order valence-corrected chi connectivity index (χ4v) is 4.29. The molecule has 0 fully saturated rings. The first-order chi connectivity index (χ1) is 22.5. The molecule has 4 heterocycles. The molecule has 4 aromatic heterocycles. The largest absolute Gasteiger partial charge is 0.361 e. The highest BCUT2D eigenvalue weighted by Gasteiger charge is 2.05. The summed E-state index contributed by atoms with van der Waals surface area (Å²) >= 11 is 0. The Hall–Kier alpha value is -4.57. The first-order valence-electron chi connectivity index (χ1n) is 17.0.